The van der Waals surface area contributed by atoms with Crippen molar-refractivity contribution in [2.45, 2.75) is 98.3 Å². The number of fused-ring (bicyclic) bond motifs is 2. The van der Waals surface area contributed by atoms with E-state index in [1.54, 1.807) is 17.0 Å². The first kappa shape index (κ1) is 34.1. The highest BCUT2D eigenvalue weighted by molar-refractivity contribution is 5.89. The van der Waals surface area contributed by atoms with Crippen molar-refractivity contribution in [1.82, 2.24) is 19.9 Å². The number of ether oxygens (including phenoxy) is 3. The van der Waals surface area contributed by atoms with Crippen LogP contribution in [-0.2, 0) is 40.3 Å². The van der Waals surface area contributed by atoms with Crippen molar-refractivity contribution in [1.29, 1.82) is 0 Å². The average molecular weight is 643 g/mol. The average Bonchev–Trinajstić information content (AvgIpc) is 3.42. The normalized spacial score (nSPS) is 14.2. The zero-order valence-corrected chi connectivity index (χ0v) is 28.5. The van der Waals surface area contributed by atoms with E-state index in [1.165, 1.54) is 5.56 Å². The molecule has 0 saturated carbocycles. The Morgan fingerprint density at radius 1 is 0.936 bits per heavy atom. The summed E-state index contributed by atoms with van der Waals surface area (Å²) in [6, 6.07) is 17.2. The van der Waals surface area contributed by atoms with Crippen LogP contribution in [0.3, 0.4) is 0 Å². The summed E-state index contributed by atoms with van der Waals surface area (Å²) in [5.41, 5.74) is 6.66. The summed E-state index contributed by atoms with van der Waals surface area (Å²) < 4.78 is 18.7. The van der Waals surface area contributed by atoms with Crippen LogP contribution in [0.1, 0.15) is 97.8 Å². The molecule has 3 aromatic carbocycles. The molecule has 1 aliphatic heterocycles. The number of aliphatic hydroxyl groups excluding tert-OH is 1. The molecule has 5 rings (SSSR count). The van der Waals surface area contributed by atoms with Crippen LogP contribution in [-0.4, -0.2) is 61.4 Å². The van der Waals surface area contributed by atoms with Gasteiger partial charge in [-0.15, -0.1) is 5.10 Å². The van der Waals surface area contributed by atoms with Crippen LogP contribution in [0.2, 0.25) is 0 Å². The van der Waals surface area contributed by atoms with Gasteiger partial charge in [-0.05, 0) is 113 Å². The van der Waals surface area contributed by atoms with E-state index < -0.39 is 17.3 Å². The lowest BCUT2D eigenvalue weighted by Gasteiger charge is -2.31. The number of aromatic nitrogens is 3. The molecule has 10 nitrogen and oxygen atoms in total. The topological polar surface area (TPSA) is 116 Å². The summed E-state index contributed by atoms with van der Waals surface area (Å²) in [6.45, 7) is 15.8. The Hall–Kier alpha value is -4.28. The zero-order valence-electron chi connectivity index (χ0n) is 28.5. The number of benzene rings is 3. The third-order valence-corrected chi connectivity index (χ3v) is 8.00. The highest BCUT2D eigenvalue weighted by Gasteiger charge is 2.27. The summed E-state index contributed by atoms with van der Waals surface area (Å²) in [5.74, 6) is -0.339. The van der Waals surface area contributed by atoms with Crippen LogP contribution in [0.4, 0.5) is 4.79 Å². The van der Waals surface area contributed by atoms with Crippen molar-refractivity contribution in [2.24, 2.45) is 0 Å². The van der Waals surface area contributed by atoms with Gasteiger partial charge >= 0.3 is 12.1 Å². The summed E-state index contributed by atoms with van der Waals surface area (Å²) in [5, 5.41) is 20.3. The molecule has 250 valence electrons. The minimum Gasteiger partial charge on any atom is -0.456 e. The number of carbonyl (C=O) groups excluding carboxylic acids is 2. The molecule has 1 unspecified atom stereocenters. The quantitative estimate of drug-likeness (QED) is 0.159. The van der Waals surface area contributed by atoms with Crippen molar-refractivity contribution in [3.8, 4) is 0 Å². The predicted octanol–water partition coefficient (Wildman–Crippen LogP) is 6.68. The molecular weight excluding hydrogens is 596 g/mol. The van der Waals surface area contributed by atoms with Gasteiger partial charge in [0.25, 0.3) is 0 Å². The summed E-state index contributed by atoms with van der Waals surface area (Å²) >= 11 is 0. The van der Waals surface area contributed by atoms with E-state index in [0.717, 1.165) is 51.7 Å². The fourth-order valence-corrected chi connectivity index (χ4v) is 5.63. The van der Waals surface area contributed by atoms with Crippen LogP contribution in [0, 0.1) is 6.92 Å². The minimum atomic E-state index is -0.849. The Morgan fingerprint density at radius 3 is 2.36 bits per heavy atom. The van der Waals surface area contributed by atoms with E-state index >= 15 is 0 Å². The number of aliphatic hydroxyl groups is 1. The van der Waals surface area contributed by atoms with Gasteiger partial charge in [-0.1, -0.05) is 41.6 Å². The fourth-order valence-electron chi connectivity index (χ4n) is 5.63. The molecule has 0 fully saturated rings. The summed E-state index contributed by atoms with van der Waals surface area (Å²) in [4.78, 5) is 26.6. The Bertz CT molecular complexity index is 1730. The van der Waals surface area contributed by atoms with Crippen LogP contribution >= 0.6 is 0 Å². The molecule has 1 aromatic heterocycles. The number of hydrogen-bond acceptors (Lipinski definition) is 8. The van der Waals surface area contributed by atoms with Crippen molar-refractivity contribution >= 4 is 23.1 Å². The second kappa shape index (κ2) is 13.8. The van der Waals surface area contributed by atoms with E-state index in [0.29, 0.717) is 38.4 Å². The molecule has 0 saturated heterocycles. The van der Waals surface area contributed by atoms with Gasteiger partial charge in [-0.25, -0.2) is 14.3 Å². The van der Waals surface area contributed by atoms with Gasteiger partial charge in [0.1, 0.15) is 22.8 Å². The molecular formula is C37H46N4O6. The molecule has 0 spiro atoms. The molecule has 1 aliphatic rings. The fraction of sp³-hybridized carbons (Fsp3) is 0.459. The molecule has 0 bridgehead atoms. The first-order valence-electron chi connectivity index (χ1n) is 16.2. The molecule has 4 aromatic rings. The van der Waals surface area contributed by atoms with Crippen LogP contribution in [0.25, 0.3) is 11.0 Å². The van der Waals surface area contributed by atoms with Gasteiger partial charge in [0.05, 0.1) is 17.7 Å². The maximum Gasteiger partial charge on any atom is 0.410 e. The van der Waals surface area contributed by atoms with Gasteiger partial charge in [0.15, 0.2) is 0 Å². The highest BCUT2D eigenvalue weighted by Crippen LogP contribution is 2.31. The largest absolute Gasteiger partial charge is 0.456 e. The van der Waals surface area contributed by atoms with Crippen molar-refractivity contribution in [2.75, 3.05) is 13.2 Å². The van der Waals surface area contributed by atoms with Gasteiger partial charge in [-0.3, -0.25) is 0 Å². The number of nitrogens with zero attached hydrogens (tertiary/aromatic N) is 4. The molecule has 0 aliphatic carbocycles. The first-order valence-corrected chi connectivity index (χ1v) is 16.2. The van der Waals surface area contributed by atoms with Gasteiger partial charge in [0, 0.05) is 26.2 Å². The third-order valence-electron chi connectivity index (χ3n) is 8.00. The molecule has 47 heavy (non-hydrogen) atoms. The number of esters is 1. The molecule has 2 heterocycles. The van der Waals surface area contributed by atoms with E-state index in [4.69, 9.17) is 14.2 Å². The summed E-state index contributed by atoms with van der Waals surface area (Å²) in [6.07, 6.45) is 0.315. The standard InChI is InChI=1S/C37H46N4O6/c1-24-30(33(42)28-14-13-26-17-19-40(22-29(26)21-28)35(44)47-37(5,6)7)15-16-31-32(24)38-39-41(31)18-8-20-45-23-25-9-11-27(12-10-25)34(43)46-36(2,3)4/h9-16,21,33,42H,8,17-20,22-23H2,1-7H3. The maximum atomic E-state index is 12.7. The molecule has 1 amide bonds. The lowest BCUT2D eigenvalue weighted by molar-refractivity contribution is 0.00685. The third kappa shape index (κ3) is 8.55. The van der Waals surface area contributed by atoms with E-state index in [1.807, 2.05) is 95.6 Å². The van der Waals surface area contributed by atoms with E-state index in [2.05, 4.69) is 10.3 Å². The first-order chi connectivity index (χ1) is 22.2. The number of amides is 1. The van der Waals surface area contributed by atoms with Gasteiger partial charge in [-0.2, -0.15) is 0 Å². The maximum absolute atomic E-state index is 12.7. The van der Waals surface area contributed by atoms with E-state index in [-0.39, 0.29) is 12.1 Å². The van der Waals surface area contributed by atoms with Gasteiger partial charge < -0.3 is 24.2 Å². The summed E-state index contributed by atoms with van der Waals surface area (Å²) in [7, 11) is 0. The van der Waals surface area contributed by atoms with Crippen molar-refractivity contribution in [3.05, 3.63) is 93.5 Å². The van der Waals surface area contributed by atoms with Crippen LogP contribution in [0.5, 0.6) is 0 Å². The Morgan fingerprint density at radius 2 is 1.66 bits per heavy atom. The number of rotatable bonds is 9. The molecule has 10 heteroatoms. The molecule has 0 radical (unpaired) electrons. The second-order valence-corrected chi connectivity index (χ2v) is 14.1. The zero-order chi connectivity index (χ0) is 33.9. The van der Waals surface area contributed by atoms with Crippen LogP contribution < -0.4 is 0 Å². The molecule has 1 atom stereocenters. The number of aryl methyl sites for hydroxylation is 2. The van der Waals surface area contributed by atoms with Crippen molar-refractivity contribution < 1.29 is 28.9 Å². The monoisotopic (exact) mass is 642 g/mol. The van der Waals surface area contributed by atoms with Crippen molar-refractivity contribution in [3.63, 3.8) is 0 Å². The van der Waals surface area contributed by atoms with Crippen LogP contribution in [0.15, 0.2) is 54.6 Å². The SMILES string of the molecule is Cc1c(C(O)c2ccc3c(c2)CN(C(=O)OC(C)(C)C)CC3)ccc2c1nnn2CCCOCc1ccc(C(=O)OC(C)(C)C)cc1. The Labute approximate surface area is 276 Å². The second-order valence-electron chi connectivity index (χ2n) is 14.1. The Balaban J connectivity index is 1.17. The predicted molar refractivity (Wildman–Crippen MR) is 179 cm³/mol. The van der Waals surface area contributed by atoms with Gasteiger partial charge in [0.2, 0.25) is 0 Å². The Kier molecular flexibility index (Phi) is 10.0. The lowest BCUT2D eigenvalue weighted by atomic mass is 9.92. The number of hydrogen-bond donors (Lipinski definition) is 1. The lowest BCUT2D eigenvalue weighted by Crippen LogP contribution is -2.39. The molecule has 1 N–H and O–H groups in total. The van der Waals surface area contributed by atoms with E-state index in [9.17, 15) is 14.7 Å². The number of carbonyl (C=O) groups is 2. The minimum absolute atomic E-state index is 0.323. The smallest absolute Gasteiger partial charge is 0.410 e. The highest BCUT2D eigenvalue weighted by atomic mass is 16.6.